The van der Waals surface area contributed by atoms with Crippen LogP contribution in [0.2, 0.25) is 0 Å². The lowest BCUT2D eigenvalue weighted by atomic mass is 9.99. The summed E-state index contributed by atoms with van der Waals surface area (Å²) in [5.74, 6) is -0.460. The molecule has 8 nitrogen and oxygen atoms in total. The van der Waals surface area contributed by atoms with Crippen LogP contribution in [0, 0.1) is 6.92 Å². The van der Waals surface area contributed by atoms with Crippen molar-refractivity contribution in [1.82, 2.24) is 19.9 Å². The summed E-state index contributed by atoms with van der Waals surface area (Å²) in [5, 5.41) is 10.1. The molecular weight excluding hydrogens is 453 g/mol. The van der Waals surface area contributed by atoms with Crippen molar-refractivity contribution < 1.29 is 31.9 Å². The lowest BCUT2D eigenvalue weighted by molar-refractivity contribution is -0.136. The van der Waals surface area contributed by atoms with E-state index >= 15 is 0 Å². The Hall–Kier alpha value is -3.60. The van der Waals surface area contributed by atoms with Crippen molar-refractivity contribution in [3.63, 3.8) is 0 Å². The number of halogens is 3. The molecule has 1 aliphatic heterocycles. The fourth-order valence-corrected chi connectivity index (χ4v) is 4.23. The van der Waals surface area contributed by atoms with E-state index in [1.165, 1.54) is 43.3 Å². The Morgan fingerprint density at radius 3 is 2.71 bits per heavy atom. The zero-order valence-electron chi connectivity index (χ0n) is 18.5. The Morgan fingerprint density at radius 1 is 1.26 bits per heavy atom. The number of fused-ring (bicyclic) bond motifs is 2. The highest BCUT2D eigenvalue weighted by Gasteiger charge is 2.40. The van der Waals surface area contributed by atoms with Gasteiger partial charge >= 0.3 is 6.18 Å². The summed E-state index contributed by atoms with van der Waals surface area (Å²) in [6.45, 7) is 4.79. The third-order valence-electron chi connectivity index (χ3n) is 5.86. The van der Waals surface area contributed by atoms with Crippen LogP contribution in [0.3, 0.4) is 0 Å². The van der Waals surface area contributed by atoms with Gasteiger partial charge in [-0.2, -0.15) is 13.2 Å². The monoisotopic (exact) mass is 474 g/mol. The van der Waals surface area contributed by atoms with Gasteiger partial charge in [-0.05, 0) is 39.0 Å². The maximum Gasteiger partial charge on any atom is 0.417 e. The van der Waals surface area contributed by atoms with Gasteiger partial charge in [-0.25, -0.2) is 9.97 Å². The number of aromatic nitrogens is 3. The van der Waals surface area contributed by atoms with Crippen molar-refractivity contribution in [2.24, 2.45) is 0 Å². The molecule has 4 aromatic rings. The van der Waals surface area contributed by atoms with Gasteiger partial charge in [0.2, 0.25) is 11.7 Å². The molecule has 0 fully saturated rings. The van der Waals surface area contributed by atoms with E-state index in [0.29, 0.717) is 12.1 Å². The van der Waals surface area contributed by atoms with Gasteiger partial charge in [0, 0.05) is 24.0 Å². The molecule has 0 bridgehead atoms. The number of aliphatic hydroxyl groups is 1. The third-order valence-corrected chi connectivity index (χ3v) is 5.86. The molecule has 1 atom stereocenters. The molecule has 0 saturated carbocycles. The molecular formula is C23H21F3N4O4. The summed E-state index contributed by atoms with van der Waals surface area (Å²) in [4.78, 5) is 26.5. The van der Waals surface area contributed by atoms with Crippen molar-refractivity contribution in [1.29, 1.82) is 0 Å². The van der Waals surface area contributed by atoms with Crippen molar-refractivity contribution in [3.05, 3.63) is 70.6 Å². The second-order valence-corrected chi connectivity index (χ2v) is 8.77. The van der Waals surface area contributed by atoms with E-state index in [0.717, 1.165) is 11.8 Å². The van der Waals surface area contributed by atoms with Gasteiger partial charge in [-0.15, -0.1) is 0 Å². The minimum Gasteiger partial charge on any atom is -0.458 e. The molecule has 0 radical (unpaired) electrons. The highest BCUT2D eigenvalue weighted by Crippen LogP contribution is 2.41. The molecule has 1 aliphatic rings. The number of furan rings is 1. The summed E-state index contributed by atoms with van der Waals surface area (Å²) in [5.41, 5.74) is -0.633. The number of hydrogen-bond donors (Lipinski definition) is 2. The Balaban J connectivity index is 1.63. The summed E-state index contributed by atoms with van der Waals surface area (Å²) >= 11 is 0. The highest BCUT2D eigenvalue weighted by molar-refractivity contribution is 5.93. The first-order chi connectivity index (χ1) is 15.9. The molecule has 0 unspecified atom stereocenters. The first-order valence-corrected chi connectivity index (χ1v) is 10.6. The maximum atomic E-state index is 13.6. The van der Waals surface area contributed by atoms with E-state index in [9.17, 15) is 23.1 Å². The topological polar surface area (TPSA) is 108 Å². The van der Waals surface area contributed by atoms with Crippen LogP contribution in [-0.4, -0.2) is 37.4 Å². The summed E-state index contributed by atoms with van der Waals surface area (Å²) in [6.07, 6.45) is -2.64. The molecule has 1 aromatic carbocycles. The molecule has 5 rings (SSSR count). The Labute approximate surface area is 191 Å². The summed E-state index contributed by atoms with van der Waals surface area (Å²) < 4.78 is 52.1. The van der Waals surface area contributed by atoms with E-state index in [-0.39, 0.29) is 40.6 Å². The van der Waals surface area contributed by atoms with E-state index < -0.39 is 29.3 Å². The van der Waals surface area contributed by atoms with Gasteiger partial charge in [0.15, 0.2) is 0 Å². The number of alkyl halides is 3. The first-order valence-electron chi connectivity index (χ1n) is 10.6. The molecule has 0 aliphatic carbocycles. The van der Waals surface area contributed by atoms with E-state index in [1.54, 1.807) is 6.92 Å². The number of imidazole rings is 1. The van der Waals surface area contributed by atoms with Crippen LogP contribution in [0.1, 0.15) is 64.7 Å². The Bertz CT molecular complexity index is 1390. The molecule has 0 spiro atoms. The minimum absolute atomic E-state index is 0.0130. The van der Waals surface area contributed by atoms with Crippen LogP contribution in [-0.2, 0) is 18.2 Å². The minimum atomic E-state index is -4.56. The van der Waals surface area contributed by atoms with Gasteiger partial charge in [0.05, 0.1) is 23.3 Å². The second-order valence-electron chi connectivity index (χ2n) is 8.77. The van der Waals surface area contributed by atoms with E-state index in [2.05, 4.69) is 15.0 Å². The third kappa shape index (κ3) is 3.56. The zero-order valence-corrected chi connectivity index (χ0v) is 18.5. The number of aryl methyl sites for hydroxylation is 1. The molecule has 3 aromatic heterocycles. The largest absolute Gasteiger partial charge is 0.458 e. The fraction of sp³-hybridized carbons (Fsp3) is 0.348. The van der Waals surface area contributed by atoms with E-state index in [4.69, 9.17) is 8.83 Å². The van der Waals surface area contributed by atoms with Gasteiger partial charge < -0.3 is 23.8 Å². The average Bonchev–Trinajstić information content (AvgIpc) is 3.48. The number of hydrogen-bond acceptors (Lipinski definition) is 6. The number of aromatic amines is 1. The van der Waals surface area contributed by atoms with Crippen molar-refractivity contribution in [2.45, 2.75) is 45.0 Å². The number of amides is 1. The molecule has 178 valence electrons. The highest BCUT2D eigenvalue weighted by atomic mass is 19.4. The van der Waals surface area contributed by atoms with Gasteiger partial charge in [0.25, 0.3) is 5.91 Å². The number of carbonyl (C=O) groups excluding carboxylic acids is 1. The van der Waals surface area contributed by atoms with Crippen LogP contribution in [0.15, 0.2) is 39.4 Å². The fourth-order valence-electron chi connectivity index (χ4n) is 4.23. The number of oxazole rings is 1. The smallest absolute Gasteiger partial charge is 0.417 e. The lowest BCUT2D eigenvalue weighted by Crippen LogP contribution is -2.40. The van der Waals surface area contributed by atoms with Crippen molar-refractivity contribution in [3.8, 4) is 0 Å². The Kier molecular flexibility index (Phi) is 4.87. The molecule has 0 saturated heterocycles. The average molecular weight is 474 g/mol. The Morgan fingerprint density at radius 2 is 2.03 bits per heavy atom. The number of carbonyl (C=O) groups is 1. The molecule has 34 heavy (non-hydrogen) atoms. The standard InChI is InChI=1S/C23H21F3N4O4/c1-11-19(34-21(29-11)22(2,3)32)20(31)30-8-7-14-17(28-10-27-14)18(30)16-9-12-13(23(24,25)26)5-4-6-15(12)33-16/h4-6,9-10,18,32H,7-8H2,1-3H3,(H,27,28)/t18-/m0/s1. The quantitative estimate of drug-likeness (QED) is 0.453. The van der Waals surface area contributed by atoms with E-state index in [1.807, 2.05) is 0 Å². The van der Waals surface area contributed by atoms with Crippen LogP contribution >= 0.6 is 0 Å². The molecule has 4 heterocycles. The SMILES string of the molecule is Cc1nc(C(C)(C)O)oc1C(=O)N1CCc2[nH]cnc2[C@@H]1c1cc2c(C(F)(F)F)cccc2o1. The van der Waals surface area contributed by atoms with Crippen LogP contribution in [0.25, 0.3) is 11.0 Å². The first kappa shape index (κ1) is 22.2. The lowest BCUT2D eigenvalue weighted by Gasteiger charge is -2.33. The normalized spacial score (nSPS) is 16.8. The second kappa shape index (κ2) is 7.45. The predicted molar refractivity (Wildman–Crippen MR) is 113 cm³/mol. The van der Waals surface area contributed by atoms with Crippen LogP contribution < -0.4 is 0 Å². The number of benzene rings is 1. The maximum absolute atomic E-state index is 13.6. The molecule has 11 heteroatoms. The van der Waals surface area contributed by atoms with Crippen molar-refractivity contribution >= 4 is 16.9 Å². The predicted octanol–water partition coefficient (Wildman–Crippen LogP) is 4.49. The summed E-state index contributed by atoms with van der Waals surface area (Å²) in [6, 6.07) is 4.14. The molecule has 2 N–H and O–H groups in total. The van der Waals surface area contributed by atoms with Crippen LogP contribution in [0.5, 0.6) is 0 Å². The van der Waals surface area contributed by atoms with Gasteiger partial charge in [-0.3, -0.25) is 4.79 Å². The van der Waals surface area contributed by atoms with Gasteiger partial charge in [-0.1, -0.05) is 6.07 Å². The summed E-state index contributed by atoms with van der Waals surface area (Å²) in [7, 11) is 0. The zero-order chi connectivity index (χ0) is 24.4. The number of H-pyrrole nitrogens is 1. The number of nitrogens with zero attached hydrogens (tertiary/aromatic N) is 3. The van der Waals surface area contributed by atoms with Crippen LogP contribution in [0.4, 0.5) is 13.2 Å². The van der Waals surface area contributed by atoms with Gasteiger partial charge in [0.1, 0.15) is 23.0 Å². The number of rotatable bonds is 3. The molecule has 1 amide bonds. The van der Waals surface area contributed by atoms with Crippen molar-refractivity contribution in [2.75, 3.05) is 6.54 Å². The number of nitrogens with one attached hydrogen (secondary N) is 1.